The first-order valence-corrected chi connectivity index (χ1v) is 5.20. The second kappa shape index (κ2) is 5.51. The number of nitriles is 1. The van der Waals surface area contributed by atoms with Crippen molar-refractivity contribution in [3.8, 4) is 6.07 Å². The molecule has 0 aliphatic heterocycles. The number of ether oxygens (including phenoxy) is 1. The second-order valence-corrected chi connectivity index (χ2v) is 4.18. The summed E-state index contributed by atoms with van der Waals surface area (Å²) in [4.78, 5) is 0. The minimum Gasteiger partial charge on any atom is -0.371 e. The Morgan fingerprint density at radius 1 is 1.38 bits per heavy atom. The Hall–Kier alpha value is -0.800. The van der Waals surface area contributed by atoms with Crippen molar-refractivity contribution < 1.29 is 17.9 Å². The molecule has 1 fully saturated rings. The van der Waals surface area contributed by atoms with Crippen LogP contribution >= 0.6 is 0 Å². The molecule has 0 heterocycles. The van der Waals surface area contributed by atoms with Crippen LogP contribution in [-0.4, -0.2) is 32.5 Å². The van der Waals surface area contributed by atoms with Gasteiger partial charge in [0.2, 0.25) is 0 Å². The number of nitrogens with zero attached hydrogens (tertiary/aromatic N) is 1. The number of hydrogen-bond donors (Lipinski definition) is 1. The average molecular weight is 236 g/mol. The van der Waals surface area contributed by atoms with Gasteiger partial charge < -0.3 is 10.1 Å². The average Bonchev–Trinajstić information content (AvgIpc) is 2.91. The molecule has 92 valence electrons. The first kappa shape index (κ1) is 13.3. The molecular formula is C10H15F3N2O. The summed E-state index contributed by atoms with van der Waals surface area (Å²) in [6.07, 6.45) is -1.68. The first-order chi connectivity index (χ1) is 7.47. The molecule has 1 N–H and O–H groups in total. The van der Waals surface area contributed by atoms with E-state index in [1.54, 1.807) is 0 Å². The maximum absolute atomic E-state index is 11.7. The lowest BCUT2D eigenvalue weighted by atomic mass is 10.0. The summed E-state index contributed by atoms with van der Waals surface area (Å²) in [5.41, 5.74) is 0.0821. The third-order valence-electron chi connectivity index (χ3n) is 2.60. The fourth-order valence-corrected chi connectivity index (χ4v) is 1.45. The van der Waals surface area contributed by atoms with Gasteiger partial charge in [0.05, 0.1) is 12.7 Å². The van der Waals surface area contributed by atoms with E-state index in [1.165, 1.54) is 0 Å². The molecule has 0 aromatic rings. The van der Waals surface area contributed by atoms with E-state index in [0.29, 0.717) is 19.5 Å². The van der Waals surface area contributed by atoms with Crippen molar-refractivity contribution in [2.75, 3.05) is 26.3 Å². The lowest BCUT2D eigenvalue weighted by Gasteiger charge is -2.12. The minimum atomic E-state index is -4.25. The van der Waals surface area contributed by atoms with Gasteiger partial charge in [-0.2, -0.15) is 18.4 Å². The van der Waals surface area contributed by atoms with Crippen LogP contribution in [0.3, 0.4) is 0 Å². The molecule has 0 spiro atoms. The van der Waals surface area contributed by atoms with Crippen LogP contribution in [0.5, 0.6) is 0 Å². The van der Waals surface area contributed by atoms with Gasteiger partial charge in [-0.1, -0.05) is 0 Å². The van der Waals surface area contributed by atoms with E-state index < -0.39 is 12.8 Å². The summed E-state index contributed by atoms with van der Waals surface area (Å²) in [7, 11) is 0. The van der Waals surface area contributed by atoms with Crippen LogP contribution in [0.2, 0.25) is 0 Å². The van der Waals surface area contributed by atoms with Crippen LogP contribution in [-0.2, 0) is 4.74 Å². The Bertz CT molecular complexity index is 256. The van der Waals surface area contributed by atoms with Crippen LogP contribution in [0, 0.1) is 16.7 Å². The van der Waals surface area contributed by atoms with E-state index in [9.17, 15) is 13.2 Å². The number of nitrogens with one attached hydrogen (secondary N) is 1. The highest BCUT2D eigenvalue weighted by Crippen LogP contribution is 2.47. The Labute approximate surface area is 92.6 Å². The van der Waals surface area contributed by atoms with E-state index in [2.05, 4.69) is 16.1 Å². The van der Waals surface area contributed by atoms with Crippen molar-refractivity contribution in [1.29, 1.82) is 5.26 Å². The predicted molar refractivity (Wildman–Crippen MR) is 51.6 cm³/mol. The SMILES string of the molecule is N#CCC1(CNCCOCC(F)(F)F)CC1. The fraction of sp³-hybridized carbons (Fsp3) is 0.900. The lowest BCUT2D eigenvalue weighted by Crippen LogP contribution is -2.28. The normalized spacial score (nSPS) is 18.1. The molecule has 6 heteroatoms. The van der Waals surface area contributed by atoms with Gasteiger partial charge >= 0.3 is 6.18 Å². The number of alkyl halides is 3. The quantitative estimate of drug-likeness (QED) is 0.686. The van der Waals surface area contributed by atoms with Crippen molar-refractivity contribution in [3.63, 3.8) is 0 Å². The van der Waals surface area contributed by atoms with Gasteiger partial charge in [0, 0.05) is 19.5 Å². The molecule has 0 radical (unpaired) electrons. The molecular weight excluding hydrogens is 221 g/mol. The van der Waals surface area contributed by atoms with Gasteiger partial charge in [-0.15, -0.1) is 0 Å². The molecule has 16 heavy (non-hydrogen) atoms. The summed E-state index contributed by atoms with van der Waals surface area (Å²) < 4.78 is 39.5. The molecule has 3 nitrogen and oxygen atoms in total. The summed E-state index contributed by atoms with van der Waals surface area (Å²) in [5.74, 6) is 0. The summed E-state index contributed by atoms with van der Waals surface area (Å²) in [5, 5.41) is 11.6. The molecule has 1 aliphatic carbocycles. The van der Waals surface area contributed by atoms with E-state index in [-0.39, 0.29) is 12.0 Å². The van der Waals surface area contributed by atoms with Crippen LogP contribution in [0.25, 0.3) is 0 Å². The zero-order chi connectivity index (χ0) is 12.1. The molecule has 1 saturated carbocycles. The highest BCUT2D eigenvalue weighted by Gasteiger charge is 2.41. The molecule has 0 unspecified atom stereocenters. The standard InChI is InChI=1S/C10H15F3N2O/c11-10(12,13)8-16-6-5-15-7-9(1-2-9)3-4-14/h15H,1-3,5-8H2. The van der Waals surface area contributed by atoms with Crippen molar-refractivity contribution in [2.45, 2.75) is 25.4 Å². The Kier molecular flexibility index (Phi) is 4.56. The van der Waals surface area contributed by atoms with Crippen molar-refractivity contribution in [1.82, 2.24) is 5.32 Å². The maximum Gasteiger partial charge on any atom is 0.411 e. The topological polar surface area (TPSA) is 45.0 Å². The minimum absolute atomic E-state index is 0.0438. The van der Waals surface area contributed by atoms with Gasteiger partial charge in [0.25, 0.3) is 0 Å². The van der Waals surface area contributed by atoms with Gasteiger partial charge in [-0.25, -0.2) is 0 Å². The summed E-state index contributed by atoms with van der Waals surface area (Å²) in [6, 6.07) is 2.12. The van der Waals surface area contributed by atoms with Crippen molar-refractivity contribution >= 4 is 0 Å². The zero-order valence-corrected chi connectivity index (χ0v) is 8.94. The third kappa shape index (κ3) is 5.33. The van der Waals surface area contributed by atoms with Gasteiger partial charge in [0.15, 0.2) is 0 Å². The first-order valence-electron chi connectivity index (χ1n) is 5.20. The maximum atomic E-state index is 11.7. The van der Waals surface area contributed by atoms with Gasteiger partial charge in [-0.3, -0.25) is 0 Å². The molecule has 0 amide bonds. The van der Waals surface area contributed by atoms with E-state index >= 15 is 0 Å². The molecule has 0 aromatic heterocycles. The number of rotatable bonds is 7. The van der Waals surface area contributed by atoms with Crippen LogP contribution in [0.15, 0.2) is 0 Å². The fourth-order valence-electron chi connectivity index (χ4n) is 1.45. The Balaban J connectivity index is 1.95. The molecule has 0 atom stereocenters. The third-order valence-corrected chi connectivity index (χ3v) is 2.60. The van der Waals surface area contributed by atoms with Gasteiger partial charge in [0.1, 0.15) is 6.61 Å². The Morgan fingerprint density at radius 3 is 2.56 bits per heavy atom. The van der Waals surface area contributed by atoms with Crippen LogP contribution < -0.4 is 5.32 Å². The highest BCUT2D eigenvalue weighted by molar-refractivity contribution is 5.00. The summed E-state index contributed by atoms with van der Waals surface area (Å²) in [6.45, 7) is -0.0701. The monoisotopic (exact) mass is 236 g/mol. The van der Waals surface area contributed by atoms with Crippen LogP contribution in [0.4, 0.5) is 13.2 Å². The molecule has 1 rings (SSSR count). The van der Waals surface area contributed by atoms with Crippen molar-refractivity contribution in [3.05, 3.63) is 0 Å². The largest absolute Gasteiger partial charge is 0.411 e. The smallest absolute Gasteiger partial charge is 0.371 e. The van der Waals surface area contributed by atoms with E-state index in [4.69, 9.17) is 5.26 Å². The number of hydrogen-bond acceptors (Lipinski definition) is 3. The Morgan fingerprint density at radius 2 is 2.06 bits per heavy atom. The zero-order valence-electron chi connectivity index (χ0n) is 8.94. The van der Waals surface area contributed by atoms with Gasteiger partial charge in [-0.05, 0) is 18.3 Å². The molecule has 0 bridgehead atoms. The second-order valence-electron chi connectivity index (χ2n) is 4.18. The summed E-state index contributed by atoms with van der Waals surface area (Å²) >= 11 is 0. The molecule has 1 aliphatic rings. The van der Waals surface area contributed by atoms with Crippen LogP contribution in [0.1, 0.15) is 19.3 Å². The van der Waals surface area contributed by atoms with E-state index in [0.717, 1.165) is 12.8 Å². The number of halogens is 3. The molecule has 0 saturated heterocycles. The lowest BCUT2D eigenvalue weighted by molar-refractivity contribution is -0.173. The van der Waals surface area contributed by atoms with E-state index in [1.807, 2.05) is 0 Å². The highest BCUT2D eigenvalue weighted by atomic mass is 19.4. The predicted octanol–water partition coefficient (Wildman–Crippen LogP) is 1.85. The van der Waals surface area contributed by atoms with Crippen molar-refractivity contribution in [2.24, 2.45) is 5.41 Å². The molecule has 0 aromatic carbocycles.